The fraction of sp³-hybridized carbons (Fsp3) is 0.500. The third-order valence-electron chi connectivity index (χ3n) is 2.78. The molecule has 0 saturated carbocycles. The Morgan fingerprint density at radius 1 is 1.50 bits per heavy atom. The number of hydrogen-bond donors (Lipinski definition) is 1. The topological polar surface area (TPSA) is 46.5 Å². The summed E-state index contributed by atoms with van der Waals surface area (Å²) in [5.41, 5.74) is -0.148. The summed E-state index contributed by atoms with van der Waals surface area (Å²) in [6.45, 7) is 3.76. The molecule has 0 bridgehead atoms. The van der Waals surface area contributed by atoms with Gasteiger partial charge >= 0.3 is 5.97 Å². The van der Waals surface area contributed by atoms with Crippen molar-refractivity contribution < 1.29 is 23.4 Å². The van der Waals surface area contributed by atoms with Crippen LogP contribution in [-0.4, -0.2) is 17.7 Å². The lowest BCUT2D eigenvalue weighted by Crippen LogP contribution is -2.19. The van der Waals surface area contributed by atoms with Gasteiger partial charge in [-0.2, -0.15) is 0 Å². The van der Waals surface area contributed by atoms with Crippen molar-refractivity contribution >= 4 is 21.9 Å². The number of ether oxygens (including phenoxy) is 1. The summed E-state index contributed by atoms with van der Waals surface area (Å²) >= 11 is 3.19. The second-order valence-electron chi connectivity index (χ2n) is 4.69. The van der Waals surface area contributed by atoms with Gasteiger partial charge < -0.3 is 9.84 Å². The zero-order valence-electron chi connectivity index (χ0n) is 11.3. The molecule has 3 nitrogen and oxygen atoms in total. The summed E-state index contributed by atoms with van der Waals surface area (Å²) in [6.07, 6.45) is -0.770. The fourth-order valence-electron chi connectivity index (χ4n) is 1.93. The highest BCUT2D eigenvalue weighted by molar-refractivity contribution is 9.10. The van der Waals surface area contributed by atoms with Crippen LogP contribution in [0, 0.1) is 5.92 Å². The molecule has 0 aliphatic carbocycles. The van der Waals surface area contributed by atoms with Gasteiger partial charge in [0.05, 0.1) is 11.1 Å². The van der Waals surface area contributed by atoms with Gasteiger partial charge in [0, 0.05) is 18.4 Å². The van der Waals surface area contributed by atoms with Gasteiger partial charge in [-0.1, -0.05) is 6.92 Å². The van der Waals surface area contributed by atoms with Crippen LogP contribution in [0.1, 0.15) is 32.3 Å². The van der Waals surface area contributed by atoms with Gasteiger partial charge in [-0.05, 0) is 47.0 Å². The van der Waals surface area contributed by atoms with Crippen LogP contribution in [0.15, 0.2) is 22.7 Å². The van der Waals surface area contributed by atoms with Gasteiger partial charge in [0.15, 0.2) is 0 Å². The molecule has 1 aromatic carbocycles. The van der Waals surface area contributed by atoms with E-state index in [-0.39, 0.29) is 12.0 Å². The number of carbonyl (C=O) groups is 1. The van der Waals surface area contributed by atoms with E-state index in [0.717, 1.165) is 0 Å². The van der Waals surface area contributed by atoms with Crippen LogP contribution in [0.4, 0.5) is 8.78 Å². The smallest absolute Gasteiger partial charge is 0.303 e. The van der Waals surface area contributed by atoms with Crippen molar-refractivity contribution in [2.75, 3.05) is 6.61 Å². The molecule has 0 saturated heterocycles. The number of carboxylic acid groups (broad SMARTS) is 1. The molecular weight excluding hydrogens is 334 g/mol. The Labute approximate surface area is 125 Å². The SMILES string of the molecule is CCOc1ccc(C(F)(F)CC(C)CC(=O)O)cc1Br. The van der Waals surface area contributed by atoms with Crippen LogP contribution in [-0.2, 0) is 10.7 Å². The molecule has 0 spiro atoms. The van der Waals surface area contributed by atoms with E-state index in [4.69, 9.17) is 9.84 Å². The van der Waals surface area contributed by atoms with Crippen molar-refractivity contribution in [3.63, 3.8) is 0 Å². The van der Waals surface area contributed by atoms with Gasteiger partial charge in [0.25, 0.3) is 5.92 Å². The number of alkyl halides is 2. The van der Waals surface area contributed by atoms with E-state index >= 15 is 0 Å². The number of hydrogen-bond acceptors (Lipinski definition) is 2. The second kappa shape index (κ2) is 7.02. The third kappa shape index (κ3) is 4.74. The molecule has 20 heavy (non-hydrogen) atoms. The van der Waals surface area contributed by atoms with Crippen molar-refractivity contribution in [2.45, 2.75) is 32.6 Å². The molecule has 6 heteroatoms. The average molecular weight is 351 g/mol. The standard InChI is InChI=1S/C14H17BrF2O3/c1-3-20-12-5-4-10(7-11(12)15)14(16,17)8-9(2)6-13(18)19/h4-5,7,9H,3,6,8H2,1-2H3,(H,18,19). The Bertz CT molecular complexity index is 477. The summed E-state index contributed by atoms with van der Waals surface area (Å²) in [7, 11) is 0. The molecule has 1 unspecified atom stereocenters. The molecule has 0 aliphatic heterocycles. The summed E-state index contributed by atoms with van der Waals surface area (Å²) < 4.78 is 33.9. The Morgan fingerprint density at radius 3 is 2.65 bits per heavy atom. The molecule has 1 rings (SSSR count). The number of benzene rings is 1. The van der Waals surface area contributed by atoms with E-state index in [2.05, 4.69) is 15.9 Å². The van der Waals surface area contributed by atoms with Gasteiger partial charge in [-0.25, -0.2) is 8.78 Å². The Kier molecular flexibility index (Phi) is 5.92. The molecule has 1 N–H and O–H groups in total. The first-order chi connectivity index (χ1) is 9.26. The first kappa shape index (κ1) is 16.9. The second-order valence-corrected chi connectivity index (χ2v) is 5.54. The lowest BCUT2D eigenvalue weighted by molar-refractivity contribution is -0.138. The van der Waals surface area contributed by atoms with Crippen molar-refractivity contribution in [1.29, 1.82) is 0 Å². The van der Waals surface area contributed by atoms with E-state index in [1.807, 2.05) is 6.92 Å². The van der Waals surface area contributed by atoms with Crippen molar-refractivity contribution in [3.8, 4) is 5.75 Å². The van der Waals surface area contributed by atoms with Gasteiger partial charge in [0.2, 0.25) is 0 Å². The third-order valence-corrected chi connectivity index (χ3v) is 3.40. The van der Waals surface area contributed by atoms with Crippen LogP contribution in [0.2, 0.25) is 0 Å². The number of halogens is 3. The van der Waals surface area contributed by atoms with E-state index in [1.165, 1.54) is 25.1 Å². The average Bonchev–Trinajstić information content (AvgIpc) is 2.29. The maximum atomic E-state index is 14.1. The summed E-state index contributed by atoms with van der Waals surface area (Å²) in [6, 6.07) is 4.11. The highest BCUT2D eigenvalue weighted by Crippen LogP contribution is 2.38. The number of carboxylic acids is 1. The molecule has 0 aliphatic rings. The monoisotopic (exact) mass is 350 g/mol. The lowest BCUT2D eigenvalue weighted by Gasteiger charge is -2.21. The molecule has 1 atom stereocenters. The van der Waals surface area contributed by atoms with Crippen molar-refractivity contribution in [3.05, 3.63) is 28.2 Å². The van der Waals surface area contributed by atoms with Crippen LogP contribution < -0.4 is 4.74 Å². The molecule has 1 aromatic rings. The summed E-state index contributed by atoms with van der Waals surface area (Å²) in [5, 5.41) is 8.62. The van der Waals surface area contributed by atoms with Crippen LogP contribution in [0.5, 0.6) is 5.75 Å². The predicted octanol–water partition coefficient (Wildman–Crippen LogP) is 4.44. The number of aliphatic carboxylic acids is 1. The molecule has 0 radical (unpaired) electrons. The van der Waals surface area contributed by atoms with Crippen LogP contribution in [0.25, 0.3) is 0 Å². The molecule has 112 valence electrons. The zero-order valence-corrected chi connectivity index (χ0v) is 12.9. The quantitative estimate of drug-likeness (QED) is 0.790. The van der Waals surface area contributed by atoms with E-state index in [9.17, 15) is 13.6 Å². The maximum Gasteiger partial charge on any atom is 0.303 e. The van der Waals surface area contributed by atoms with E-state index in [1.54, 1.807) is 0 Å². The first-order valence-electron chi connectivity index (χ1n) is 6.28. The normalized spacial score (nSPS) is 13.1. The molecular formula is C14H17BrF2O3. The van der Waals surface area contributed by atoms with Gasteiger partial charge in [0.1, 0.15) is 5.75 Å². The number of rotatable bonds is 7. The minimum Gasteiger partial charge on any atom is -0.493 e. The Morgan fingerprint density at radius 2 is 2.15 bits per heavy atom. The minimum absolute atomic E-state index is 0.148. The summed E-state index contributed by atoms with van der Waals surface area (Å²) in [5.74, 6) is -4.23. The maximum absolute atomic E-state index is 14.1. The highest BCUT2D eigenvalue weighted by atomic mass is 79.9. The van der Waals surface area contributed by atoms with Crippen molar-refractivity contribution in [2.24, 2.45) is 5.92 Å². The van der Waals surface area contributed by atoms with E-state index in [0.29, 0.717) is 16.8 Å². The predicted molar refractivity (Wildman–Crippen MR) is 75.2 cm³/mol. The summed E-state index contributed by atoms with van der Waals surface area (Å²) in [4.78, 5) is 10.5. The van der Waals surface area contributed by atoms with E-state index < -0.39 is 24.2 Å². The Hall–Kier alpha value is -1.17. The molecule has 0 aromatic heterocycles. The van der Waals surface area contributed by atoms with Gasteiger partial charge in [-0.3, -0.25) is 4.79 Å². The minimum atomic E-state index is -3.07. The lowest BCUT2D eigenvalue weighted by atomic mass is 9.95. The molecule has 0 heterocycles. The van der Waals surface area contributed by atoms with Crippen LogP contribution in [0.3, 0.4) is 0 Å². The largest absolute Gasteiger partial charge is 0.493 e. The zero-order chi connectivity index (χ0) is 15.3. The first-order valence-corrected chi connectivity index (χ1v) is 7.08. The van der Waals surface area contributed by atoms with Gasteiger partial charge in [-0.15, -0.1) is 0 Å². The fourth-order valence-corrected chi connectivity index (χ4v) is 2.42. The Balaban J connectivity index is 2.86. The highest BCUT2D eigenvalue weighted by Gasteiger charge is 2.34. The van der Waals surface area contributed by atoms with Crippen molar-refractivity contribution in [1.82, 2.24) is 0 Å². The molecule has 0 fully saturated rings. The van der Waals surface area contributed by atoms with Crippen LogP contribution >= 0.6 is 15.9 Å². The molecule has 0 amide bonds.